The van der Waals surface area contributed by atoms with Gasteiger partial charge >= 0.3 is 0 Å². The van der Waals surface area contributed by atoms with Gasteiger partial charge in [-0.1, -0.05) is 13.8 Å². The third-order valence-electron chi connectivity index (χ3n) is 4.92. The monoisotopic (exact) mass is 291 g/mol. The fourth-order valence-electron chi connectivity index (χ4n) is 3.46. The Hall–Kier alpha value is -1.89. The van der Waals surface area contributed by atoms with Crippen LogP contribution in [-0.4, -0.2) is 31.2 Å². The zero-order valence-corrected chi connectivity index (χ0v) is 12.3. The highest BCUT2D eigenvalue weighted by atomic mass is 16.2. The molecule has 1 saturated carbocycles. The first-order valence-corrected chi connectivity index (χ1v) is 7.28. The normalized spacial score (nSPS) is 24.1. The van der Waals surface area contributed by atoms with Crippen LogP contribution in [0.1, 0.15) is 39.2 Å². The number of H-pyrrole nitrogens is 1. The Labute approximate surface area is 122 Å². The number of aliphatic hydroxyl groups excluding tert-OH is 1. The number of nitrogens with one attached hydrogen (secondary N) is 1. The molecule has 2 aromatic heterocycles. The lowest BCUT2D eigenvalue weighted by Crippen LogP contribution is -2.46. The number of aromatic nitrogens is 4. The molecule has 4 N–H and O–H groups in total. The average Bonchev–Trinajstić information content (AvgIpc) is 2.81. The number of rotatable bonds is 4. The molecule has 2 aromatic rings. The van der Waals surface area contributed by atoms with E-state index in [1.807, 2.05) is 4.57 Å². The van der Waals surface area contributed by atoms with Crippen molar-refractivity contribution in [3.05, 3.63) is 16.7 Å². The summed E-state index contributed by atoms with van der Waals surface area (Å²) in [5, 5.41) is 8.98. The maximum Gasteiger partial charge on any atom is 0.280 e. The van der Waals surface area contributed by atoms with Gasteiger partial charge in [0.2, 0.25) is 5.95 Å². The van der Waals surface area contributed by atoms with E-state index in [0.717, 1.165) is 19.3 Å². The largest absolute Gasteiger partial charge is 0.396 e. The lowest BCUT2D eigenvalue weighted by molar-refractivity contribution is -0.0162. The second-order valence-corrected chi connectivity index (χ2v) is 6.41. The highest BCUT2D eigenvalue weighted by Gasteiger charge is 2.48. The fourth-order valence-corrected chi connectivity index (χ4v) is 3.46. The molecule has 0 unspecified atom stereocenters. The van der Waals surface area contributed by atoms with Gasteiger partial charge in [0.1, 0.15) is 0 Å². The Morgan fingerprint density at radius 2 is 2.33 bits per heavy atom. The SMILES string of the molecule is CC1(C)[C@H](CCCO)C[C@@H]1n1cnc2c(=O)[nH]c(N)nc21. The van der Waals surface area contributed by atoms with Crippen molar-refractivity contribution in [2.45, 2.75) is 39.2 Å². The van der Waals surface area contributed by atoms with Crippen molar-refractivity contribution in [2.24, 2.45) is 11.3 Å². The number of nitrogen functional groups attached to an aromatic ring is 1. The number of imidazole rings is 1. The first kappa shape index (κ1) is 14.1. The van der Waals surface area contributed by atoms with Gasteiger partial charge in [-0.2, -0.15) is 4.98 Å². The summed E-state index contributed by atoms with van der Waals surface area (Å²) in [7, 11) is 0. The van der Waals surface area contributed by atoms with Crippen LogP contribution >= 0.6 is 0 Å². The van der Waals surface area contributed by atoms with Gasteiger partial charge in [0, 0.05) is 12.6 Å². The van der Waals surface area contributed by atoms with Crippen LogP contribution in [0, 0.1) is 11.3 Å². The second-order valence-electron chi connectivity index (χ2n) is 6.41. The quantitative estimate of drug-likeness (QED) is 0.780. The summed E-state index contributed by atoms with van der Waals surface area (Å²) in [5.74, 6) is 0.676. The number of hydrogen-bond acceptors (Lipinski definition) is 5. The molecule has 3 rings (SSSR count). The van der Waals surface area contributed by atoms with Gasteiger partial charge in [-0.15, -0.1) is 0 Å². The molecule has 0 saturated heterocycles. The van der Waals surface area contributed by atoms with Gasteiger partial charge in [-0.3, -0.25) is 9.78 Å². The number of anilines is 1. The van der Waals surface area contributed by atoms with Crippen molar-refractivity contribution < 1.29 is 5.11 Å². The lowest BCUT2D eigenvalue weighted by Gasteiger charge is -2.53. The zero-order chi connectivity index (χ0) is 15.2. The Morgan fingerprint density at radius 3 is 3.00 bits per heavy atom. The van der Waals surface area contributed by atoms with E-state index in [4.69, 9.17) is 10.8 Å². The molecule has 2 atom stereocenters. The summed E-state index contributed by atoms with van der Waals surface area (Å²) >= 11 is 0. The first-order valence-electron chi connectivity index (χ1n) is 7.28. The molecule has 0 radical (unpaired) electrons. The van der Waals surface area contributed by atoms with Crippen LogP contribution in [-0.2, 0) is 0 Å². The van der Waals surface area contributed by atoms with E-state index in [-0.39, 0.29) is 29.6 Å². The molecule has 0 aliphatic heterocycles. The van der Waals surface area contributed by atoms with E-state index in [0.29, 0.717) is 17.1 Å². The molecule has 0 aromatic carbocycles. The van der Waals surface area contributed by atoms with E-state index in [9.17, 15) is 4.79 Å². The molecule has 21 heavy (non-hydrogen) atoms. The first-order chi connectivity index (χ1) is 9.95. The van der Waals surface area contributed by atoms with E-state index in [1.165, 1.54) is 0 Å². The number of nitrogens with two attached hydrogens (primary N) is 1. The van der Waals surface area contributed by atoms with Crippen LogP contribution in [0.5, 0.6) is 0 Å². The highest BCUT2D eigenvalue weighted by molar-refractivity contribution is 5.70. The third kappa shape index (κ3) is 2.12. The molecular weight excluding hydrogens is 270 g/mol. The molecule has 1 aliphatic carbocycles. The van der Waals surface area contributed by atoms with Crippen LogP contribution in [0.3, 0.4) is 0 Å². The van der Waals surface area contributed by atoms with Gasteiger partial charge in [-0.25, -0.2) is 4.98 Å². The highest BCUT2D eigenvalue weighted by Crippen LogP contribution is 2.56. The molecule has 0 amide bonds. The molecule has 7 heteroatoms. The van der Waals surface area contributed by atoms with Crippen molar-refractivity contribution in [3.63, 3.8) is 0 Å². The van der Waals surface area contributed by atoms with Crippen molar-refractivity contribution in [1.29, 1.82) is 0 Å². The Kier molecular flexibility index (Phi) is 3.24. The molecule has 2 heterocycles. The van der Waals surface area contributed by atoms with Gasteiger partial charge in [-0.05, 0) is 30.6 Å². The number of fused-ring (bicyclic) bond motifs is 1. The summed E-state index contributed by atoms with van der Waals surface area (Å²) in [5.41, 5.74) is 6.30. The van der Waals surface area contributed by atoms with Gasteiger partial charge in [0.25, 0.3) is 5.56 Å². The van der Waals surface area contributed by atoms with Crippen LogP contribution in [0.4, 0.5) is 5.95 Å². The molecule has 0 spiro atoms. The average molecular weight is 291 g/mol. The summed E-state index contributed by atoms with van der Waals surface area (Å²) in [4.78, 5) is 22.7. The molecule has 114 valence electrons. The standard InChI is InChI=1S/C14H21N5O2/c1-14(2)8(4-3-5-20)6-9(14)19-7-16-10-11(19)17-13(15)18-12(10)21/h7-9,20H,3-6H2,1-2H3,(H3,15,17,18,21)/t8-,9+/m1/s1. The zero-order valence-electron chi connectivity index (χ0n) is 12.3. The van der Waals surface area contributed by atoms with Gasteiger partial charge in [0.05, 0.1) is 6.33 Å². The smallest absolute Gasteiger partial charge is 0.280 e. The minimum absolute atomic E-state index is 0.0852. The maximum absolute atomic E-state index is 11.8. The van der Waals surface area contributed by atoms with Crippen molar-refractivity contribution in [2.75, 3.05) is 12.3 Å². The van der Waals surface area contributed by atoms with Crippen LogP contribution in [0.15, 0.2) is 11.1 Å². The van der Waals surface area contributed by atoms with Gasteiger partial charge < -0.3 is 15.4 Å². The van der Waals surface area contributed by atoms with Crippen LogP contribution in [0.25, 0.3) is 11.2 Å². The van der Waals surface area contributed by atoms with E-state index < -0.39 is 0 Å². The number of hydrogen-bond donors (Lipinski definition) is 3. The Morgan fingerprint density at radius 1 is 1.57 bits per heavy atom. The molecule has 1 aliphatic rings. The lowest BCUT2D eigenvalue weighted by atomic mass is 9.57. The second kappa shape index (κ2) is 4.84. The van der Waals surface area contributed by atoms with E-state index in [2.05, 4.69) is 28.8 Å². The summed E-state index contributed by atoms with van der Waals surface area (Å²) < 4.78 is 1.97. The molecule has 1 fully saturated rings. The molecule has 0 bridgehead atoms. The number of nitrogens with zero attached hydrogens (tertiary/aromatic N) is 3. The van der Waals surface area contributed by atoms with E-state index >= 15 is 0 Å². The van der Waals surface area contributed by atoms with Crippen LogP contribution in [0.2, 0.25) is 0 Å². The summed E-state index contributed by atoms with van der Waals surface area (Å²) in [6.07, 6.45) is 4.53. The Balaban J connectivity index is 1.94. The Bertz CT molecular complexity index is 718. The maximum atomic E-state index is 11.8. The summed E-state index contributed by atoms with van der Waals surface area (Å²) in [6, 6.07) is 0.250. The topological polar surface area (TPSA) is 110 Å². The fraction of sp³-hybridized carbons (Fsp3) is 0.643. The molecule has 7 nitrogen and oxygen atoms in total. The third-order valence-corrected chi connectivity index (χ3v) is 4.92. The van der Waals surface area contributed by atoms with Crippen molar-refractivity contribution in [1.82, 2.24) is 19.5 Å². The molecular formula is C14H21N5O2. The minimum atomic E-state index is -0.301. The van der Waals surface area contributed by atoms with E-state index in [1.54, 1.807) is 6.33 Å². The van der Waals surface area contributed by atoms with Crippen molar-refractivity contribution >= 4 is 17.1 Å². The predicted octanol–water partition coefficient (Wildman–Crippen LogP) is 1.06. The summed E-state index contributed by atoms with van der Waals surface area (Å²) in [6.45, 7) is 4.66. The van der Waals surface area contributed by atoms with Gasteiger partial charge in [0.15, 0.2) is 11.2 Å². The number of aliphatic hydroxyl groups is 1. The minimum Gasteiger partial charge on any atom is -0.396 e. The number of aromatic amines is 1. The predicted molar refractivity (Wildman–Crippen MR) is 79.8 cm³/mol. The van der Waals surface area contributed by atoms with Crippen LogP contribution < -0.4 is 11.3 Å². The van der Waals surface area contributed by atoms with Crippen molar-refractivity contribution in [3.8, 4) is 0 Å².